The Kier molecular flexibility index (Phi) is 5.97. The number of nitrogens with one attached hydrogen (secondary N) is 1. The number of benzene rings is 1. The van der Waals surface area contributed by atoms with Crippen molar-refractivity contribution in [1.82, 2.24) is 14.8 Å². The van der Waals surface area contributed by atoms with E-state index in [0.29, 0.717) is 29.1 Å². The van der Waals surface area contributed by atoms with Gasteiger partial charge in [0, 0.05) is 18.7 Å². The molecule has 1 N–H and O–H groups in total. The van der Waals surface area contributed by atoms with Crippen molar-refractivity contribution in [3.8, 4) is 5.69 Å². The van der Waals surface area contributed by atoms with Gasteiger partial charge in [-0.2, -0.15) is 5.10 Å². The fourth-order valence-electron chi connectivity index (χ4n) is 3.63. The summed E-state index contributed by atoms with van der Waals surface area (Å²) in [6.45, 7) is 5.94. The normalized spacial score (nSPS) is 13.3. The molecule has 1 aliphatic heterocycles. The van der Waals surface area contributed by atoms with Gasteiger partial charge in [-0.25, -0.2) is 14.5 Å². The van der Waals surface area contributed by atoms with Crippen LogP contribution in [0.4, 0.5) is 11.5 Å². The smallest absolute Gasteiger partial charge is 0.341 e. The largest absolute Gasteiger partial charge is 0.462 e. The van der Waals surface area contributed by atoms with Crippen LogP contribution in [0.2, 0.25) is 0 Å². The first-order valence-corrected chi connectivity index (χ1v) is 10.4. The molecule has 0 unspecified atom stereocenters. The van der Waals surface area contributed by atoms with Crippen molar-refractivity contribution in [2.75, 3.05) is 29.9 Å². The molecule has 0 spiro atoms. The van der Waals surface area contributed by atoms with Crippen molar-refractivity contribution in [2.45, 2.75) is 26.7 Å². The van der Waals surface area contributed by atoms with Crippen LogP contribution >= 0.6 is 0 Å². The van der Waals surface area contributed by atoms with Crippen LogP contribution in [0, 0.1) is 6.92 Å². The van der Waals surface area contributed by atoms with E-state index in [0.717, 1.165) is 24.6 Å². The lowest BCUT2D eigenvalue weighted by Crippen LogP contribution is -2.19. The van der Waals surface area contributed by atoms with Crippen LogP contribution in [0.5, 0.6) is 0 Å². The lowest BCUT2D eigenvalue weighted by Gasteiger charge is -2.16. The minimum absolute atomic E-state index is 0.216. The molecule has 0 bridgehead atoms. The molecular formula is C23H25N5O3. The van der Waals surface area contributed by atoms with E-state index in [9.17, 15) is 9.59 Å². The summed E-state index contributed by atoms with van der Waals surface area (Å²) in [5, 5.41) is 7.15. The van der Waals surface area contributed by atoms with Gasteiger partial charge in [0.15, 0.2) is 0 Å². The molecule has 1 amide bonds. The second kappa shape index (κ2) is 8.99. The molecule has 1 aliphatic rings. The number of carbonyl (C=O) groups excluding carboxylic acids is 2. The zero-order valence-corrected chi connectivity index (χ0v) is 17.7. The third-order valence-electron chi connectivity index (χ3n) is 5.32. The maximum atomic E-state index is 12.6. The maximum absolute atomic E-state index is 12.6. The van der Waals surface area contributed by atoms with E-state index in [1.807, 2.05) is 12.1 Å². The Hall–Kier alpha value is -3.68. The number of pyridine rings is 1. The van der Waals surface area contributed by atoms with E-state index >= 15 is 0 Å². The Labute approximate surface area is 180 Å². The summed E-state index contributed by atoms with van der Waals surface area (Å²) >= 11 is 0. The lowest BCUT2D eigenvalue weighted by molar-refractivity contribution is 0.0525. The Bertz CT molecular complexity index is 1070. The van der Waals surface area contributed by atoms with Crippen LogP contribution < -0.4 is 10.2 Å². The molecule has 8 nitrogen and oxygen atoms in total. The topological polar surface area (TPSA) is 89.3 Å². The molecule has 1 aromatic carbocycles. The van der Waals surface area contributed by atoms with Gasteiger partial charge in [0.05, 0.1) is 36.1 Å². The first-order valence-electron chi connectivity index (χ1n) is 10.4. The molecule has 3 aromatic rings. The number of nitrogens with zero attached hydrogens (tertiary/aromatic N) is 4. The second-order valence-corrected chi connectivity index (χ2v) is 7.38. The highest BCUT2D eigenvalue weighted by atomic mass is 16.5. The monoisotopic (exact) mass is 419 g/mol. The average Bonchev–Trinajstić information content (AvgIpc) is 3.45. The van der Waals surface area contributed by atoms with Crippen LogP contribution in [0.25, 0.3) is 5.69 Å². The van der Waals surface area contributed by atoms with E-state index in [4.69, 9.17) is 4.74 Å². The van der Waals surface area contributed by atoms with Crippen LogP contribution in [0.15, 0.2) is 48.8 Å². The molecular weight excluding hydrogens is 394 g/mol. The minimum Gasteiger partial charge on any atom is -0.462 e. The number of hydrogen-bond donors (Lipinski definition) is 1. The van der Waals surface area contributed by atoms with E-state index < -0.39 is 5.97 Å². The van der Waals surface area contributed by atoms with Crippen molar-refractivity contribution in [1.29, 1.82) is 0 Å². The zero-order valence-electron chi connectivity index (χ0n) is 17.7. The van der Waals surface area contributed by atoms with Gasteiger partial charge in [0.1, 0.15) is 11.4 Å². The summed E-state index contributed by atoms with van der Waals surface area (Å²) in [6.07, 6.45) is 5.56. The van der Waals surface area contributed by atoms with Crippen LogP contribution in [0.3, 0.4) is 0 Å². The highest BCUT2D eigenvalue weighted by molar-refractivity contribution is 6.04. The quantitative estimate of drug-likeness (QED) is 0.614. The Morgan fingerprint density at radius 1 is 1.06 bits per heavy atom. The van der Waals surface area contributed by atoms with Crippen molar-refractivity contribution in [2.24, 2.45) is 0 Å². The first-order chi connectivity index (χ1) is 15.1. The van der Waals surface area contributed by atoms with E-state index in [2.05, 4.69) is 20.3 Å². The molecule has 0 aliphatic carbocycles. The summed E-state index contributed by atoms with van der Waals surface area (Å²) in [6, 6.07) is 10.8. The molecule has 1 saturated heterocycles. The van der Waals surface area contributed by atoms with Crippen molar-refractivity contribution in [3.63, 3.8) is 0 Å². The molecule has 0 saturated carbocycles. The number of hydrogen-bond acceptors (Lipinski definition) is 6. The predicted molar refractivity (Wildman–Crippen MR) is 118 cm³/mol. The van der Waals surface area contributed by atoms with Gasteiger partial charge in [-0.05, 0) is 63.1 Å². The van der Waals surface area contributed by atoms with Gasteiger partial charge in [-0.1, -0.05) is 0 Å². The van der Waals surface area contributed by atoms with Gasteiger partial charge in [0.25, 0.3) is 5.91 Å². The summed E-state index contributed by atoms with van der Waals surface area (Å²) in [4.78, 5) is 31.3. The average molecular weight is 419 g/mol. The van der Waals surface area contributed by atoms with Crippen molar-refractivity contribution < 1.29 is 14.3 Å². The molecule has 8 heteroatoms. The van der Waals surface area contributed by atoms with Gasteiger partial charge in [-0.15, -0.1) is 0 Å². The third-order valence-corrected chi connectivity index (χ3v) is 5.32. The van der Waals surface area contributed by atoms with Gasteiger partial charge >= 0.3 is 5.97 Å². The third kappa shape index (κ3) is 4.42. The lowest BCUT2D eigenvalue weighted by atomic mass is 10.2. The molecule has 4 rings (SSSR count). The van der Waals surface area contributed by atoms with Gasteiger partial charge in [-0.3, -0.25) is 4.79 Å². The van der Waals surface area contributed by atoms with Crippen LogP contribution in [-0.4, -0.2) is 46.3 Å². The van der Waals surface area contributed by atoms with E-state index in [1.165, 1.54) is 19.0 Å². The Morgan fingerprint density at radius 3 is 2.45 bits per heavy atom. The Morgan fingerprint density at radius 2 is 1.81 bits per heavy atom. The predicted octanol–water partition coefficient (Wildman–Crippen LogP) is 3.60. The number of ether oxygens (including phenoxy) is 1. The molecule has 0 atom stereocenters. The zero-order chi connectivity index (χ0) is 21.8. The van der Waals surface area contributed by atoms with E-state index in [-0.39, 0.29) is 5.91 Å². The molecule has 31 heavy (non-hydrogen) atoms. The number of aromatic nitrogens is 3. The molecule has 3 heterocycles. The fraction of sp³-hybridized carbons (Fsp3) is 0.304. The number of esters is 1. The number of carbonyl (C=O) groups is 2. The Balaban J connectivity index is 1.43. The van der Waals surface area contributed by atoms with Crippen molar-refractivity contribution in [3.05, 3.63) is 65.6 Å². The number of anilines is 2. The summed E-state index contributed by atoms with van der Waals surface area (Å²) in [7, 11) is 0. The van der Waals surface area contributed by atoms with Crippen LogP contribution in [0.1, 0.15) is 46.2 Å². The van der Waals surface area contributed by atoms with E-state index in [1.54, 1.807) is 49.0 Å². The first kappa shape index (κ1) is 20.6. The second-order valence-electron chi connectivity index (χ2n) is 7.38. The highest BCUT2D eigenvalue weighted by Gasteiger charge is 2.17. The molecule has 160 valence electrons. The SMILES string of the molecule is CCOC(=O)c1cnn(-c2ccc(C(=O)Nc3ccc(N4CCCC4)nc3)cc2)c1C. The number of amides is 1. The standard InChI is InChI=1S/C23H25N5O3/c1-3-31-23(30)20-15-25-28(16(20)2)19-9-6-17(7-10-19)22(29)26-18-8-11-21(24-14-18)27-12-4-5-13-27/h6-11,14-15H,3-5,12-13H2,1-2H3,(H,26,29). The molecule has 0 radical (unpaired) electrons. The van der Waals surface area contributed by atoms with Crippen molar-refractivity contribution >= 4 is 23.4 Å². The summed E-state index contributed by atoms with van der Waals surface area (Å²) in [5.74, 6) is 0.329. The fourth-order valence-corrected chi connectivity index (χ4v) is 3.63. The maximum Gasteiger partial charge on any atom is 0.341 e. The molecule has 2 aromatic heterocycles. The molecule has 1 fully saturated rings. The minimum atomic E-state index is -0.397. The number of rotatable bonds is 6. The summed E-state index contributed by atoms with van der Waals surface area (Å²) in [5.41, 5.74) is 3.02. The van der Waals surface area contributed by atoms with Gasteiger partial charge in [0.2, 0.25) is 0 Å². The summed E-state index contributed by atoms with van der Waals surface area (Å²) < 4.78 is 6.70. The van der Waals surface area contributed by atoms with Crippen LogP contribution in [-0.2, 0) is 4.74 Å². The highest BCUT2D eigenvalue weighted by Crippen LogP contribution is 2.20. The van der Waals surface area contributed by atoms with Gasteiger partial charge < -0.3 is 15.0 Å².